The van der Waals surface area contributed by atoms with Gasteiger partial charge in [-0.25, -0.2) is 12.8 Å². The summed E-state index contributed by atoms with van der Waals surface area (Å²) in [6.07, 6.45) is 0.883. The van der Waals surface area contributed by atoms with Gasteiger partial charge in [-0.15, -0.1) is 0 Å². The molecular formula is C16H16FN3O4S. The highest BCUT2D eigenvalue weighted by Crippen LogP contribution is 2.21. The summed E-state index contributed by atoms with van der Waals surface area (Å²) < 4.78 is 38.4. The topological polar surface area (TPSA) is 110 Å². The maximum atomic E-state index is 13.9. The first-order valence-electron chi connectivity index (χ1n) is 7.10. The van der Waals surface area contributed by atoms with Crippen LogP contribution in [0.3, 0.4) is 0 Å². The maximum Gasteiger partial charge on any atom is 0.248 e. The molecule has 0 bridgehead atoms. The van der Waals surface area contributed by atoms with E-state index in [1.54, 1.807) is 0 Å². The zero-order valence-corrected chi connectivity index (χ0v) is 14.1. The van der Waals surface area contributed by atoms with Gasteiger partial charge >= 0.3 is 0 Å². The summed E-state index contributed by atoms with van der Waals surface area (Å²) in [6, 6.07) is 11.0. The Kier molecular flexibility index (Phi) is 5.38. The van der Waals surface area contributed by atoms with E-state index in [9.17, 15) is 22.4 Å². The molecule has 25 heavy (non-hydrogen) atoms. The van der Waals surface area contributed by atoms with Crippen LogP contribution in [-0.2, 0) is 14.8 Å². The molecule has 2 amide bonds. The number of sulfonamides is 1. The fourth-order valence-corrected chi connectivity index (χ4v) is 2.94. The molecule has 0 unspecified atom stereocenters. The van der Waals surface area contributed by atoms with Crippen LogP contribution < -0.4 is 15.4 Å². The van der Waals surface area contributed by atoms with Crippen LogP contribution in [0.2, 0.25) is 0 Å². The van der Waals surface area contributed by atoms with Gasteiger partial charge in [0, 0.05) is 11.3 Å². The van der Waals surface area contributed by atoms with Crippen LogP contribution >= 0.6 is 0 Å². The fraction of sp³-hybridized carbons (Fsp3) is 0.125. The van der Waals surface area contributed by atoms with Gasteiger partial charge in [-0.1, -0.05) is 12.1 Å². The van der Waals surface area contributed by atoms with Crippen LogP contribution in [0.4, 0.5) is 15.8 Å². The summed E-state index contributed by atoms with van der Waals surface area (Å²) >= 11 is 0. The molecule has 0 heterocycles. The summed E-state index contributed by atoms with van der Waals surface area (Å²) in [6.45, 7) is -0.600. The average molecular weight is 365 g/mol. The first-order chi connectivity index (χ1) is 11.7. The lowest BCUT2D eigenvalue weighted by molar-refractivity contribution is -0.114. The first kappa shape index (κ1) is 18.4. The predicted octanol–water partition coefficient (Wildman–Crippen LogP) is 1.33. The molecule has 0 aromatic heterocycles. The van der Waals surface area contributed by atoms with Gasteiger partial charge in [-0.2, -0.15) is 0 Å². The number of rotatable bonds is 6. The second-order valence-electron chi connectivity index (χ2n) is 5.21. The molecule has 0 aliphatic carbocycles. The lowest BCUT2D eigenvalue weighted by atomic mass is 10.2. The van der Waals surface area contributed by atoms with Crippen LogP contribution in [0.15, 0.2) is 48.5 Å². The maximum absolute atomic E-state index is 13.9. The number of para-hydroxylation sites is 1. The van der Waals surface area contributed by atoms with E-state index < -0.39 is 34.2 Å². The van der Waals surface area contributed by atoms with Crippen LogP contribution in [0.1, 0.15) is 10.4 Å². The van der Waals surface area contributed by atoms with Gasteiger partial charge in [0.15, 0.2) is 0 Å². The Bertz CT molecular complexity index is 898. The van der Waals surface area contributed by atoms with E-state index in [0.717, 1.165) is 12.3 Å². The standard InChI is InChI=1S/C16H16FN3O4S/c1-25(23,24)20(14-5-3-2-4-13(14)17)10-15(21)19-12-8-6-11(7-9-12)16(18)22/h2-9H,10H2,1H3,(H2,18,22)(H,19,21). The third-order valence-corrected chi connectivity index (χ3v) is 4.39. The third kappa shape index (κ3) is 4.77. The number of hydrogen-bond donors (Lipinski definition) is 2. The molecule has 0 spiro atoms. The van der Waals surface area contributed by atoms with Crippen molar-refractivity contribution < 1.29 is 22.4 Å². The van der Waals surface area contributed by atoms with Crippen molar-refractivity contribution in [3.05, 3.63) is 59.9 Å². The smallest absolute Gasteiger partial charge is 0.248 e. The van der Waals surface area contributed by atoms with E-state index in [-0.39, 0.29) is 11.3 Å². The Balaban J connectivity index is 2.18. The quantitative estimate of drug-likeness (QED) is 0.805. The molecule has 0 saturated heterocycles. The zero-order valence-electron chi connectivity index (χ0n) is 13.3. The molecule has 0 radical (unpaired) electrons. The lowest BCUT2D eigenvalue weighted by Gasteiger charge is -2.22. The van der Waals surface area contributed by atoms with Crippen LogP contribution in [0.5, 0.6) is 0 Å². The molecule has 0 atom stereocenters. The van der Waals surface area contributed by atoms with Gasteiger partial charge in [-0.05, 0) is 36.4 Å². The number of nitrogens with two attached hydrogens (primary N) is 1. The molecule has 0 fully saturated rings. The number of benzene rings is 2. The minimum Gasteiger partial charge on any atom is -0.366 e. The predicted molar refractivity (Wildman–Crippen MR) is 92.2 cm³/mol. The number of primary amides is 1. The molecule has 2 aromatic carbocycles. The van der Waals surface area contributed by atoms with E-state index in [2.05, 4.69) is 5.32 Å². The molecule has 0 saturated carbocycles. The number of nitrogens with one attached hydrogen (secondary N) is 1. The van der Waals surface area contributed by atoms with E-state index in [4.69, 9.17) is 5.73 Å². The number of anilines is 2. The molecule has 0 aliphatic heterocycles. The Hall–Kier alpha value is -2.94. The van der Waals surface area contributed by atoms with Crippen molar-refractivity contribution in [1.29, 1.82) is 0 Å². The first-order valence-corrected chi connectivity index (χ1v) is 8.95. The SMILES string of the molecule is CS(=O)(=O)N(CC(=O)Nc1ccc(C(N)=O)cc1)c1ccccc1F. The number of carbonyl (C=O) groups is 2. The monoisotopic (exact) mass is 365 g/mol. The van der Waals surface area contributed by atoms with Crippen LogP contribution in [0.25, 0.3) is 0 Å². The van der Waals surface area contributed by atoms with Crippen molar-refractivity contribution in [3.63, 3.8) is 0 Å². The minimum absolute atomic E-state index is 0.218. The molecule has 9 heteroatoms. The molecule has 132 valence electrons. The van der Waals surface area contributed by atoms with Crippen molar-refractivity contribution in [2.24, 2.45) is 5.73 Å². The third-order valence-electron chi connectivity index (χ3n) is 3.26. The van der Waals surface area contributed by atoms with Crippen molar-refractivity contribution >= 4 is 33.2 Å². The molecule has 7 nitrogen and oxygen atoms in total. The van der Waals surface area contributed by atoms with E-state index in [0.29, 0.717) is 9.99 Å². The van der Waals surface area contributed by atoms with Gasteiger partial charge < -0.3 is 11.1 Å². The average Bonchev–Trinajstić information content (AvgIpc) is 2.53. The van der Waals surface area contributed by atoms with Gasteiger partial charge in [-0.3, -0.25) is 13.9 Å². The molecule has 2 aromatic rings. The Morgan fingerprint density at radius 2 is 1.72 bits per heavy atom. The Labute approximate surface area is 144 Å². The van der Waals surface area contributed by atoms with E-state index >= 15 is 0 Å². The summed E-state index contributed by atoms with van der Waals surface area (Å²) in [4.78, 5) is 23.1. The van der Waals surface area contributed by atoms with Gasteiger partial charge in [0.2, 0.25) is 21.8 Å². The summed E-state index contributed by atoms with van der Waals surface area (Å²) in [7, 11) is -3.87. The fourth-order valence-electron chi connectivity index (χ4n) is 2.08. The van der Waals surface area contributed by atoms with Crippen molar-refractivity contribution in [3.8, 4) is 0 Å². The Morgan fingerprint density at radius 1 is 1.12 bits per heavy atom. The van der Waals surface area contributed by atoms with E-state index in [1.807, 2.05) is 0 Å². The van der Waals surface area contributed by atoms with Crippen LogP contribution in [0, 0.1) is 5.82 Å². The highest BCUT2D eigenvalue weighted by atomic mass is 32.2. The lowest BCUT2D eigenvalue weighted by Crippen LogP contribution is -2.38. The van der Waals surface area contributed by atoms with Gasteiger partial charge in [0.1, 0.15) is 12.4 Å². The number of carbonyl (C=O) groups excluding carboxylic acids is 2. The zero-order chi connectivity index (χ0) is 18.6. The van der Waals surface area contributed by atoms with Crippen molar-refractivity contribution in [2.45, 2.75) is 0 Å². The summed E-state index contributed by atoms with van der Waals surface area (Å²) in [5.41, 5.74) is 5.51. The second-order valence-corrected chi connectivity index (χ2v) is 7.12. The second kappa shape index (κ2) is 7.31. The number of halogens is 1. The Morgan fingerprint density at radius 3 is 2.24 bits per heavy atom. The number of amides is 2. The number of hydrogen-bond acceptors (Lipinski definition) is 4. The van der Waals surface area contributed by atoms with Crippen molar-refractivity contribution in [2.75, 3.05) is 22.4 Å². The molecule has 2 rings (SSSR count). The van der Waals surface area contributed by atoms with Crippen LogP contribution in [-0.4, -0.2) is 33.0 Å². The minimum atomic E-state index is -3.87. The highest BCUT2D eigenvalue weighted by molar-refractivity contribution is 7.92. The van der Waals surface area contributed by atoms with Gasteiger partial charge in [0.05, 0.1) is 11.9 Å². The van der Waals surface area contributed by atoms with Gasteiger partial charge in [0.25, 0.3) is 0 Å². The molecule has 3 N–H and O–H groups in total. The van der Waals surface area contributed by atoms with E-state index in [1.165, 1.54) is 42.5 Å². The summed E-state index contributed by atoms with van der Waals surface area (Å²) in [5.74, 6) is -2.03. The highest BCUT2D eigenvalue weighted by Gasteiger charge is 2.23. The summed E-state index contributed by atoms with van der Waals surface area (Å²) in [5, 5.41) is 2.48. The largest absolute Gasteiger partial charge is 0.366 e. The van der Waals surface area contributed by atoms with Crippen molar-refractivity contribution in [1.82, 2.24) is 0 Å². The molecule has 0 aliphatic rings. The number of nitrogens with zero attached hydrogens (tertiary/aromatic N) is 1. The normalized spacial score (nSPS) is 11.0. The molecular weight excluding hydrogens is 349 g/mol.